The third-order valence-corrected chi connectivity index (χ3v) is 2.64. The second kappa shape index (κ2) is 3.20. The molecule has 0 aliphatic heterocycles. The summed E-state index contributed by atoms with van der Waals surface area (Å²) < 4.78 is 0. The topological polar surface area (TPSA) is 0 Å². The Balaban J connectivity index is 2.37. The Bertz CT molecular complexity index is 123. The highest BCUT2D eigenvalue weighted by Gasteiger charge is 2.28. The van der Waals surface area contributed by atoms with E-state index < -0.39 is 0 Å². The van der Waals surface area contributed by atoms with Crippen LogP contribution in [0.3, 0.4) is 0 Å². The van der Waals surface area contributed by atoms with Gasteiger partial charge in [-0.15, -0.1) is 0 Å². The second-order valence-corrected chi connectivity index (χ2v) is 5.10. The predicted molar refractivity (Wildman–Crippen MR) is 52.2 cm³/mol. The molecule has 1 saturated carbocycles. The smallest absolute Gasteiger partial charge is 0.0674 e. The molecule has 63 valence electrons. The van der Waals surface area contributed by atoms with Crippen molar-refractivity contribution in [2.45, 2.75) is 58.1 Å². The highest BCUT2D eigenvalue weighted by atomic mass is 14.2. The van der Waals surface area contributed by atoms with Crippen LogP contribution in [0, 0.1) is 5.92 Å². The lowest BCUT2D eigenvalue weighted by molar-refractivity contribution is 0.589. The van der Waals surface area contributed by atoms with Crippen molar-refractivity contribution in [3.63, 3.8) is 0 Å². The van der Waals surface area contributed by atoms with Crippen molar-refractivity contribution in [1.29, 1.82) is 0 Å². The van der Waals surface area contributed by atoms with E-state index in [1.807, 2.05) is 0 Å². The minimum absolute atomic E-state index is 0.420. The zero-order valence-corrected chi connectivity index (χ0v) is 8.35. The molecule has 2 unspecified atom stereocenters. The Hall–Kier alpha value is 0.0649. The first-order chi connectivity index (χ1) is 4.99. The molecular weight excluding hydrogens is 131 g/mol. The van der Waals surface area contributed by atoms with Gasteiger partial charge in [0.2, 0.25) is 0 Å². The Morgan fingerprint density at radius 3 is 2.18 bits per heavy atom. The largest absolute Gasteiger partial charge is 0.121 e. The highest BCUT2D eigenvalue weighted by molar-refractivity contribution is 6.41. The van der Waals surface area contributed by atoms with Gasteiger partial charge in [0.05, 0.1) is 0 Å². The molecule has 1 heteroatoms. The van der Waals surface area contributed by atoms with E-state index in [2.05, 4.69) is 35.0 Å². The van der Waals surface area contributed by atoms with Gasteiger partial charge in [0.1, 0.15) is 7.28 Å². The van der Waals surface area contributed by atoms with Crippen LogP contribution in [0.1, 0.15) is 47.0 Å². The average molecular weight is 151 g/mol. The molecule has 0 nitrogen and oxygen atoms in total. The zero-order chi connectivity index (χ0) is 8.48. The van der Waals surface area contributed by atoms with Crippen molar-refractivity contribution < 1.29 is 0 Å². The van der Waals surface area contributed by atoms with Crippen LogP contribution in [0.25, 0.3) is 0 Å². The van der Waals surface area contributed by atoms with E-state index in [0.717, 1.165) is 11.7 Å². The molecule has 0 aromatic rings. The summed E-state index contributed by atoms with van der Waals surface area (Å²) >= 11 is 0. The molecule has 0 amide bonds. The summed E-state index contributed by atoms with van der Waals surface area (Å²) in [5, 5.41) is 0.420. The summed E-state index contributed by atoms with van der Waals surface area (Å²) in [7, 11) is 2.55. The van der Waals surface area contributed by atoms with E-state index in [-0.39, 0.29) is 0 Å². The van der Waals surface area contributed by atoms with Crippen molar-refractivity contribution in [2.24, 2.45) is 5.92 Å². The normalized spacial score (nSPS) is 32.4. The molecule has 1 aliphatic carbocycles. The third kappa shape index (κ3) is 2.88. The van der Waals surface area contributed by atoms with E-state index in [1.54, 1.807) is 0 Å². The maximum Gasteiger partial charge on any atom is 0.121 e. The van der Waals surface area contributed by atoms with Gasteiger partial charge in [-0.2, -0.15) is 0 Å². The summed E-state index contributed by atoms with van der Waals surface area (Å²) in [6.07, 6.45) is 4.31. The molecule has 0 spiro atoms. The van der Waals surface area contributed by atoms with Gasteiger partial charge in [-0.1, -0.05) is 58.1 Å². The molecular formula is C10H20B. The molecule has 1 fully saturated rings. The fourth-order valence-electron chi connectivity index (χ4n) is 2.06. The molecule has 1 rings (SSSR count). The van der Waals surface area contributed by atoms with E-state index in [0.29, 0.717) is 5.31 Å². The van der Waals surface area contributed by atoms with Crippen molar-refractivity contribution in [3.05, 3.63) is 0 Å². The predicted octanol–water partition coefficient (Wildman–Crippen LogP) is 3.52. The Morgan fingerprint density at radius 1 is 1.18 bits per heavy atom. The monoisotopic (exact) mass is 151 g/mol. The Labute approximate surface area is 72.0 Å². The maximum atomic E-state index is 2.55. The molecule has 2 atom stereocenters. The fraction of sp³-hybridized carbons (Fsp3) is 1.00. The summed E-state index contributed by atoms with van der Waals surface area (Å²) in [6, 6.07) is 0. The lowest BCUT2D eigenvalue weighted by Gasteiger charge is -2.24. The van der Waals surface area contributed by atoms with E-state index in [1.165, 1.54) is 19.3 Å². The van der Waals surface area contributed by atoms with Gasteiger partial charge in [0, 0.05) is 0 Å². The molecule has 0 aromatic heterocycles. The fourth-order valence-corrected chi connectivity index (χ4v) is 2.06. The van der Waals surface area contributed by atoms with Gasteiger partial charge in [0.25, 0.3) is 0 Å². The zero-order valence-electron chi connectivity index (χ0n) is 8.35. The van der Waals surface area contributed by atoms with Crippen LogP contribution in [-0.4, -0.2) is 7.28 Å². The SMILES string of the molecule is CC1CCCC1[B]C(C)(C)C. The lowest BCUT2D eigenvalue weighted by Crippen LogP contribution is -2.16. The minimum atomic E-state index is 0.420. The van der Waals surface area contributed by atoms with Crippen LogP contribution >= 0.6 is 0 Å². The molecule has 0 aromatic carbocycles. The van der Waals surface area contributed by atoms with Crippen molar-refractivity contribution in [3.8, 4) is 0 Å². The van der Waals surface area contributed by atoms with Crippen LogP contribution in [0.2, 0.25) is 11.1 Å². The van der Waals surface area contributed by atoms with E-state index >= 15 is 0 Å². The third-order valence-electron chi connectivity index (χ3n) is 2.64. The second-order valence-electron chi connectivity index (χ2n) is 5.10. The quantitative estimate of drug-likeness (QED) is 0.503. The first kappa shape index (κ1) is 9.16. The van der Waals surface area contributed by atoms with Gasteiger partial charge in [0.15, 0.2) is 0 Å². The minimum Gasteiger partial charge on any atom is -0.0674 e. The molecule has 0 N–H and O–H groups in total. The van der Waals surface area contributed by atoms with Gasteiger partial charge in [-0.3, -0.25) is 0 Å². The van der Waals surface area contributed by atoms with Crippen LogP contribution < -0.4 is 0 Å². The summed E-state index contributed by atoms with van der Waals surface area (Å²) in [6.45, 7) is 9.30. The first-order valence-electron chi connectivity index (χ1n) is 4.85. The summed E-state index contributed by atoms with van der Waals surface area (Å²) in [4.78, 5) is 0. The van der Waals surface area contributed by atoms with Crippen LogP contribution in [0.5, 0.6) is 0 Å². The first-order valence-corrected chi connectivity index (χ1v) is 4.85. The standard InChI is InChI=1S/C10H20B/c1-8-6-5-7-9(8)11-10(2,3)4/h8-9H,5-7H2,1-4H3. The van der Waals surface area contributed by atoms with E-state index in [4.69, 9.17) is 0 Å². The van der Waals surface area contributed by atoms with Gasteiger partial charge >= 0.3 is 0 Å². The summed E-state index contributed by atoms with van der Waals surface area (Å²) in [5.41, 5.74) is 0. The Kier molecular flexibility index (Phi) is 2.67. The Morgan fingerprint density at radius 2 is 1.82 bits per heavy atom. The van der Waals surface area contributed by atoms with Crippen molar-refractivity contribution in [2.75, 3.05) is 0 Å². The average Bonchev–Trinajstić information content (AvgIpc) is 2.12. The van der Waals surface area contributed by atoms with Gasteiger partial charge < -0.3 is 0 Å². The van der Waals surface area contributed by atoms with Gasteiger partial charge in [-0.25, -0.2) is 0 Å². The van der Waals surface area contributed by atoms with Crippen LogP contribution in [-0.2, 0) is 0 Å². The highest BCUT2D eigenvalue weighted by Crippen LogP contribution is 2.40. The van der Waals surface area contributed by atoms with Crippen LogP contribution in [0.15, 0.2) is 0 Å². The number of rotatable bonds is 1. The molecule has 0 heterocycles. The molecule has 11 heavy (non-hydrogen) atoms. The maximum absolute atomic E-state index is 2.55. The molecule has 0 bridgehead atoms. The van der Waals surface area contributed by atoms with E-state index in [9.17, 15) is 0 Å². The van der Waals surface area contributed by atoms with Crippen molar-refractivity contribution >= 4 is 7.28 Å². The molecule has 0 saturated heterocycles. The van der Waals surface area contributed by atoms with Crippen LogP contribution in [0.4, 0.5) is 0 Å². The lowest BCUT2D eigenvalue weighted by atomic mass is 9.46. The number of hydrogen-bond donors (Lipinski definition) is 0. The van der Waals surface area contributed by atoms with Gasteiger partial charge in [-0.05, 0) is 5.92 Å². The number of hydrogen-bond acceptors (Lipinski definition) is 0. The summed E-state index contributed by atoms with van der Waals surface area (Å²) in [5.74, 6) is 1.84. The molecule has 1 radical (unpaired) electrons. The molecule has 1 aliphatic rings. The van der Waals surface area contributed by atoms with Crippen molar-refractivity contribution in [1.82, 2.24) is 0 Å².